The van der Waals surface area contributed by atoms with E-state index < -0.39 is 12.1 Å². The third-order valence-corrected chi connectivity index (χ3v) is 2.86. The molecule has 1 aromatic carbocycles. The Morgan fingerprint density at radius 3 is 2.33 bits per heavy atom. The molecule has 5 N–H and O–H groups in total. The second kappa shape index (κ2) is 7.46. The molecule has 0 aliphatic heterocycles. The maximum atomic E-state index is 9.92. The molecule has 1 rings (SSSR count). The maximum Gasteiger partial charge on any atom is 0.162 e. The van der Waals surface area contributed by atoms with Gasteiger partial charge < -0.3 is 21.1 Å². The smallest absolute Gasteiger partial charge is 0.162 e. The molecule has 0 spiro atoms. The summed E-state index contributed by atoms with van der Waals surface area (Å²) in [5.74, 6) is 0.0345. The van der Waals surface area contributed by atoms with Gasteiger partial charge in [0.15, 0.2) is 11.5 Å². The van der Waals surface area contributed by atoms with Gasteiger partial charge >= 0.3 is 0 Å². The standard InChI is InChI=1S/C13H21NO3.ClH/c1-8(2)6-7-10(15)12(14)9-4-3-5-11(16)13(9)17;/h3-5,8,10,12,15-17H,6-7,14H2,1-2H3;1H/t10-,12+;/m0./s1. The minimum atomic E-state index is -0.718. The van der Waals surface area contributed by atoms with Crippen LogP contribution in [0.2, 0.25) is 0 Å². The van der Waals surface area contributed by atoms with E-state index in [0.717, 1.165) is 6.42 Å². The van der Waals surface area contributed by atoms with Gasteiger partial charge in [0.25, 0.3) is 0 Å². The summed E-state index contributed by atoms with van der Waals surface area (Å²) >= 11 is 0. The first-order valence-corrected chi connectivity index (χ1v) is 5.88. The van der Waals surface area contributed by atoms with Crippen LogP contribution in [0.5, 0.6) is 11.5 Å². The molecule has 5 heteroatoms. The summed E-state index contributed by atoms with van der Waals surface area (Å²) in [5.41, 5.74) is 6.25. The monoisotopic (exact) mass is 275 g/mol. The average molecular weight is 276 g/mol. The molecule has 18 heavy (non-hydrogen) atoms. The average Bonchev–Trinajstić information content (AvgIpc) is 2.28. The van der Waals surface area contributed by atoms with E-state index in [1.807, 2.05) is 0 Å². The number of hydrogen-bond acceptors (Lipinski definition) is 4. The van der Waals surface area contributed by atoms with Crippen LogP contribution in [0.4, 0.5) is 0 Å². The number of benzene rings is 1. The molecule has 4 nitrogen and oxygen atoms in total. The summed E-state index contributed by atoms with van der Waals surface area (Å²) in [5, 5.41) is 28.9. The molecule has 2 atom stereocenters. The zero-order valence-corrected chi connectivity index (χ0v) is 11.5. The molecule has 0 amide bonds. The Morgan fingerprint density at radius 2 is 1.78 bits per heavy atom. The zero-order chi connectivity index (χ0) is 13.0. The zero-order valence-electron chi connectivity index (χ0n) is 10.7. The third kappa shape index (κ3) is 4.37. The lowest BCUT2D eigenvalue weighted by atomic mass is 9.95. The Bertz CT molecular complexity index is 371. The molecule has 0 heterocycles. The van der Waals surface area contributed by atoms with Crippen LogP contribution in [0.15, 0.2) is 18.2 Å². The minimum absolute atomic E-state index is 0. The molecule has 0 saturated heterocycles. The molecule has 0 fully saturated rings. The lowest BCUT2D eigenvalue weighted by molar-refractivity contribution is 0.127. The van der Waals surface area contributed by atoms with Crippen LogP contribution >= 0.6 is 12.4 Å². The predicted octanol–water partition coefficient (Wildman–Crippen LogP) is 2.32. The number of aliphatic hydroxyl groups is 1. The second-order valence-electron chi connectivity index (χ2n) is 4.78. The van der Waals surface area contributed by atoms with Gasteiger partial charge in [-0.15, -0.1) is 12.4 Å². The molecule has 104 valence electrons. The number of nitrogens with two attached hydrogens (primary N) is 1. The van der Waals surface area contributed by atoms with E-state index in [1.165, 1.54) is 6.07 Å². The molecule has 0 bridgehead atoms. The quantitative estimate of drug-likeness (QED) is 0.621. The van der Waals surface area contributed by atoms with Gasteiger partial charge in [-0.2, -0.15) is 0 Å². The SMILES string of the molecule is CC(C)CC[C@H](O)[C@H](N)c1cccc(O)c1O.Cl. The highest BCUT2D eigenvalue weighted by Gasteiger charge is 2.21. The third-order valence-electron chi connectivity index (χ3n) is 2.86. The van der Waals surface area contributed by atoms with Crippen molar-refractivity contribution in [2.24, 2.45) is 11.7 Å². The van der Waals surface area contributed by atoms with E-state index >= 15 is 0 Å². The van der Waals surface area contributed by atoms with Gasteiger partial charge in [0.1, 0.15) is 0 Å². The summed E-state index contributed by atoms with van der Waals surface area (Å²) in [7, 11) is 0. The molecule has 0 radical (unpaired) electrons. The fraction of sp³-hybridized carbons (Fsp3) is 0.538. The summed E-state index contributed by atoms with van der Waals surface area (Å²) in [6, 6.07) is 3.91. The molecular weight excluding hydrogens is 254 g/mol. The Morgan fingerprint density at radius 1 is 1.17 bits per heavy atom. The number of hydrogen-bond donors (Lipinski definition) is 4. The first-order valence-electron chi connectivity index (χ1n) is 5.88. The van der Waals surface area contributed by atoms with Gasteiger partial charge in [-0.05, 0) is 24.8 Å². The number of phenols is 2. The van der Waals surface area contributed by atoms with Crippen LogP contribution in [0, 0.1) is 5.92 Å². The van der Waals surface area contributed by atoms with Crippen molar-refractivity contribution in [3.63, 3.8) is 0 Å². The minimum Gasteiger partial charge on any atom is -0.504 e. The van der Waals surface area contributed by atoms with Crippen molar-refractivity contribution in [1.29, 1.82) is 0 Å². The summed E-state index contributed by atoms with van der Waals surface area (Å²) < 4.78 is 0. The molecule has 0 saturated carbocycles. The van der Waals surface area contributed by atoms with Gasteiger partial charge in [0, 0.05) is 5.56 Å². The summed E-state index contributed by atoms with van der Waals surface area (Å²) in [4.78, 5) is 0. The van der Waals surface area contributed by atoms with Crippen molar-refractivity contribution < 1.29 is 15.3 Å². The van der Waals surface area contributed by atoms with Gasteiger partial charge in [-0.25, -0.2) is 0 Å². The van der Waals surface area contributed by atoms with E-state index in [2.05, 4.69) is 13.8 Å². The molecule has 0 aromatic heterocycles. The van der Waals surface area contributed by atoms with Crippen LogP contribution in [0.25, 0.3) is 0 Å². The van der Waals surface area contributed by atoms with Crippen molar-refractivity contribution in [2.45, 2.75) is 38.8 Å². The number of aliphatic hydroxyl groups excluding tert-OH is 1. The van der Waals surface area contributed by atoms with Crippen molar-refractivity contribution in [2.75, 3.05) is 0 Å². The normalized spacial score (nSPS) is 14.1. The Labute approximate surface area is 114 Å². The van der Waals surface area contributed by atoms with Crippen LogP contribution in [0.3, 0.4) is 0 Å². The summed E-state index contributed by atoms with van der Waals surface area (Å²) in [6.45, 7) is 4.15. The lowest BCUT2D eigenvalue weighted by Crippen LogP contribution is -2.26. The van der Waals surface area contributed by atoms with Crippen molar-refractivity contribution in [3.05, 3.63) is 23.8 Å². The van der Waals surface area contributed by atoms with E-state index in [0.29, 0.717) is 17.9 Å². The molecule has 0 unspecified atom stereocenters. The Hall–Kier alpha value is -0.970. The fourth-order valence-corrected chi connectivity index (χ4v) is 1.71. The van der Waals surface area contributed by atoms with Crippen LogP contribution < -0.4 is 5.73 Å². The van der Waals surface area contributed by atoms with Gasteiger partial charge in [-0.3, -0.25) is 0 Å². The predicted molar refractivity (Wildman–Crippen MR) is 74.0 cm³/mol. The van der Waals surface area contributed by atoms with Crippen LogP contribution in [-0.2, 0) is 0 Å². The maximum absolute atomic E-state index is 9.92. The molecule has 1 aromatic rings. The highest BCUT2D eigenvalue weighted by molar-refractivity contribution is 5.85. The lowest BCUT2D eigenvalue weighted by Gasteiger charge is -2.21. The molecule has 0 aliphatic carbocycles. The van der Waals surface area contributed by atoms with Crippen LogP contribution in [-0.4, -0.2) is 21.4 Å². The van der Waals surface area contributed by atoms with Gasteiger partial charge in [-0.1, -0.05) is 26.0 Å². The Balaban J connectivity index is 0.00000289. The van der Waals surface area contributed by atoms with E-state index in [-0.39, 0.29) is 23.9 Å². The highest BCUT2D eigenvalue weighted by atomic mass is 35.5. The first kappa shape index (κ1) is 17.0. The topological polar surface area (TPSA) is 86.7 Å². The fourth-order valence-electron chi connectivity index (χ4n) is 1.71. The molecular formula is C13H22ClNO3. The summed E-state index contributed by atoms with van der Waals surface area (Å²) in [6.07, 6.45) is 0.729. The second-order valence-corrected chi connectivity index (χ2v) is 4.78. The number of aromatic hydroxyl groups is 2. The van der Waals surface area contributed by atoms with Crippen molar-refractivity contribution in [1.82, 2.24) is 0 Å². The number of halogens is 1. The van der Waals surface area contributed by atoms with Crippen molar-refractivity contribution in [3.8, 4) is 11.5 Å². The van der Waals surface area contributed by atoms with E-state index in [1.54, 1.807) is 12.1 Å². The van der Waals surface area contributed by atoms with E-state index in [4.69, 9.17) is 5.73 Å². The number of para-hydroxylation sites is 1. The first-order chi connectivity index (χ1) is 7.93. The highest BCUT2D eigenvalue weighted by Crippen LogP contribution is 2.33. The van der Waals surface area contributed by atoms with Crippen LogP contribution in [0.1, 0.15) is 38.3 Å². The molecule has 0 aliphatic rings. The van der Waals surface area contributed by atoms with Gasteiger partial charge in [0.05, 0.1) is 12.1 Å². The van der Waals surface area contributed by atoms with E-state index in [9.17, 15) is 15.3 Å². The Kier molecular flexibility index (Phi) is 7.06. The number of rotatable bonds is 5. The number of phenolic OH excluding ortho intramolecular Hbond substituents is 2. The van der Waals surface area contributed by atoms with Crippen molar-refractivity contribution >= 4 is 12.4 Å². The van der Waals surface area contributed by atoms with Gasteiger partial charge in [0.2, 0.25) is 0 Å². The largest absolute Gasteiger partial charge is 0.504 e.